The summed E-state index contributed by atoms with van der Waals surface area (Å²) in [6, 6.07) is -0.747. The molecule has 0 saturated carbocycles. The Hall–Kier alpha value is -1.91. The van der Waals surface area contributed by atoms with Crippen LogP contribution in [0.5, 0.6) is 0 Å². The maximum atomic E-state index is 10.8. The average Bonchev–Trinajstić information content (AvgIpc) is 2.21. The number of hydrogen-bond acceptors (Lipinski definition) is 6. The maximum Gasteiger partial charge on any atom is 0.239 e. The number of guanidine groups is 1. The zero-order valence-corrected chi connectivity index (χ0v) is 9.01. The van der Waals surface area contributed by atoms with Gasteiger partial charge in [-0.05, 0) is 12.8 Å². The van der Waals surface area contributed by atoms with Crippen molar-refractivity contribution < 1.29 is 20.0 Å². The Kier molecular flexibility index (Phi) is 7.34. The third-order valence-electron chi connectivity index (χ3n) is 1.80. The second-order valence-electron chi connectivity index (χ2n) is 3.08. The number of amides is 2. The van der Waals surface area contributed by atoms with Gasteiger partial charge in [-0.15, -0.1) is 0 Å². The summed E-state index contributed by atoms with van der Waals surface area (Å²) in [5.41, 5.74) is 6.85. The molecule has 17 heavy (non-hydrogen) atoms. The van der Waals surface area contributed by atoms with Gasteiger partial charge in [0.1, 0.15) is 6.04 Å². The van der Waals surface area contributed by atoms with Crippen molar-refractivity contribution in [2.45, 2.75) is 18.9 Å². The van der Waals surface area contributed by atoms with E-state index in [9.17, 15) is 9.59 Å². The molecule has 1 atom stereocenters. The monoisotopic (exact) mass is 248 g/mol. The molecule has 10 nitrogen and oxygen atoms in total. The normalized spacial score (nSPS) is 11.7. The van der Waals surface area contributed by atoms with E-state index >= 15 is 0 Å². The summed E-state index contributed by atoms with van der Waals surface area (Å²) < 4.78 is 0. The van der Waals surface area contributed by atoms with Crippen LogP contribution in [0.15, 0.2) is 0 Å². The van der Waals surface area contributed by atoms with Crippen LogP contribution in [-0.4, -0.2) is 46.6 Å². The van der Waals surface area contributed by atoms with Crippen molar-refractivity contribution >= 4 is 18.3 Å². The molecule has 0 aliphatic heterocycles. The minimum absolute atomic E-state index is 0.296. The minimum atomic E-state index is -0.747. The summed E-state index contributed by atoms with van der Waals surface area (Å²) in [4.78, 5) is 21.0. The quantitative estimate of drug-likeness (QED) is 0.0818. The predicted octanol–water partition coefficient (Wildman–Crippen LogP) is -2.52. The minimum Gasteiger partial charge on any atom is -0.368 e. The second-order valence-corrected chi connectivity index (χ2v) is 3.08. The molecule has 0 aromatic rings. The first-order valence-corrected chi connectivity index (χ1v) is 4.73. The molecule has 0 aliphatic rings. The highest BCUT2D eigenvalue weighted by molar-refractivity contribution is 5.81. The van der Waals surface area contributed by atoms with Crippen LogP contribution < -0.4 is 21.8 Å². The van der Waals surface area contributed by atoms with Crippen molar-refractivity contribution in [2.75, 3.05) is 6.54 Å². The van der Waals surface area contributed by atoms with Gasteiger partial charge in [0.2, 0.25) is 18.3 Å². The van der Waals surface area contributed by atoms with Crippen LogP contribution in [0.2, 0.25) is 0 Å². The molecule has 0 bridgehead atoms. The summed E-state index contributed by atoms with van der Waals surface area (Å²) in [5.74, 6) is -0.962. The van der Waals surface area contributed by atoms with Crippen molar-refractivity contribution in [2.24, 2.45) is 5.73 Å². The molecule has 0 aromatic carbocycles. The number of hydrazine groups is 1. The Balaban J connectivity index is 3.71. The van der Waals surface area contributed by atoms with E-state index in [1.165, 1.54) is 0 Å². The lowest BCUT2D eigenvalue weighted by Gasteiger charge is -2.14. The Morgan fingerprint density at radius 2 is 2.18 bits per heavy atom. The van der Waals surface area contributed by atoms with Crippen molar-refractivity contribution in [1.29, 1.82) is 5.41 Å². The van der Waals surface area contributed by atoms with Crippen LogP contribution in [-0.2, 0) is 9.59 Å². The Morgan fingerprint density at radius 1 is 1.53 bits per heavy atom. The highest BCUT2D eigenvalue weighted by Gasteiger charge is 2.12. The molecular formula is C7H16N6O4. The lowest BCUT2D eigenvalue weighted by atomic mass is 10.1. The molecule has 1 unspecified atom stereocenters. The highest BCUT2D eigenvalue weighted by Crippen LogP contribution is 1.94. The summed E-state index contributed by atoms with van der Waals surface area (Å²) in [6.07, 6.45) is 1.16. The van der Waals surface area contributed by atoms with E-state index in [1.54, 1.807) is 0 Å². The van der Waals surface area contributed by atoms with Gasteiger partial charge in [-0.1, -0.05) is 0 Å². The Morgan fingerprint density at radius 3 is 2.65 bits per heavy atom. The van der Waals surface area contributed by atoms with Crippen LogP contribution in [0.3, 0.4) is 0 Å². The molecule has 0 fully saturated rings. The largest absolute Gasteiger partial charge is 0.368 e. The number of nitrogens with zero attached hydrogens (tertiary/aromatic N) is 1. The first-order valence-electron chi connectivity index (χ1n) is 4.73. The lowest BCUT2D eigenvalue weighted by molar-refractivity contribution is -0.330. The second kappa shape index (κ2) is 8.27. The van der Waals surface area contributed by atoms with E-state index < -0.39 is 11.9 Å². The van der Waals surface area contributed by atoms with Crippen LogP contribution >= 0.6 is 0 Å². The lowest BCUT2D eigenvalue weighted by Crippen LogP contribution is -2.45. The molecule has 2 amide bonds. The van der Waals surface area contributed by atoms with Gasteiger partial charge in [-0.2, -0.15) is 0 Å². The topological polar surface area (TPSA) is 164 Å². The number of carbonyl (C=O) groups is 2. The molecular weight excluding hydrogens is 232 g/mol. The van der Waals surface area contributed by atoms with Crippen molar-refractivity contribution in [3.8, 4) is 0 Å². The van der Waals surface area contributed by atoms with Crippen molar-refractivity contribution in [1.82, 2.24) is 21.4 Å². The van der Waals surface area contributed by atoms with Gasteiger partial charge in [-0.3, -0.25) is 25.4 Å². The van der Waals surface area contributed by atoms with Gasteiger partial charge in [-0.25, -0.2) is 5.43 Å². The molecule has 98 valence electrons. The van der Waals surface area contributed by atoms with Gasteiger partial charge in [0.05, 0.1) is 0 Å². The van der Waals surface area contributed by atoms with Crippen molar-refractivity contribution in [3.63, 3.8) is 0 Å². The first kappa shape index (κ1) is 15.1. The van der Waals surface area contributed by atoms with Gasteiger partial charge < -0.3 is 16.4 Å². The molecule has 0 aliphatic carbocycles. The maximum absolute atomic E-state index is 10.8. The van der Waals surface area contributed by atoms with Crippen LogP contribution in [0.4, 0.5) is 0 Å². The number of hydrogen-bond donors (Lipinski definition) is 7. The van der Waals surface area contributed by atoms with E-state index in [2.05, 4.69) is 10.6 Å². The Bertz CT molecular complexity index is 271. The SMILES string of the molecule is N=C(NCCCC(NC=O)C(N)=O)NN(O)O. The number of nitrogens with one attached hydrogen (secondary N) is 4. The molecule has 0 rings (SSSR count). The molecule has 10 heteroatoms. The predicted molar refractivity (Wildman–Crippen MR) is 55.7 cm³/mol. The third kappa shape index (κ3) is 7.96. The summed E-state index contributed by atoms with van der Waals surface area (Å²) in [5, 5.41) is 28.1. The molecule has 0 saturated heterocycles. The van der Waals surface area contributed by atoms with Gasteiger partial charge in [0, 0.05) is 11.9 Å². The fraction of sp³-hybridized carbons (Fsp3) is 0.571. The average molecular weight is 248 g/mol. The third-order valence-corrected chi connectivity index (χ3v) is 1.80. The summed E-state index contributed by atoms with van der Waals surface area (Å²) >= 11 is 0. The molecule has 8 N–H and O–H groups in total. The first-order chi connectivity index (χ1) is 7.97. The van der Waals surface area contributed by atoms with E-state index in [4.69, 9.17) is 21.6 Å². The van der Waals surface area contributed by atoms with E-state index in [1.807, 2.05) is 5.43 Å². The van der Waals surface area contributed by atoms with Gasteiger partial charge in [0.15, 0.2) is 0 Å². The standard InChI is InChI=1S/C7H16N6O4/c8-6(15)5(11-4-14)2-1-3-10-7(9)12-13(16)17/h4-5,16-17H,1-3H2,(H2,8,15)(H,11,14)(H3,9,10,12). The highest BCUT2D eigenvalue weighted by atomic mass is 16.8. The number of carbonyl (C=O) groups excluding carboxylic acids is 2. The Labute approximate surface area is 97.2 Å². The molecule has 0 radical (unpaired) electrons. The van der Waals surface area contributed by atoms with E-state index in [0.717, 1.165) is 0 Å². The zero-order chi connectivity index (χ0) is 13.3. The van der Waals surface area contributed by atoms with Gasteiger partial charge >= 0.3 is 0 Å². The fourth-order valence-electron chi connectivity index (χ4n) is 1.05. The zero-order valence-electron chi connectivity index (χ0n) is 9.01. The summed E-state index contributed by atoms with van der Waals surface area (Å²) in [6.45, 7) is 0.296. The van der Waals surface area contributed by atoms with Gasteiger partial charge in [0.25, 0.3) is 0 Å². The fourth-order valence-corrected chi connectivity index (χ4v) is 1.05. The van der Waals surface area contributed by atoms with Crippen LogP contribution in [0.1, 0.15) is 12.8 Å². The number of primary amides is 1. The van der Waals surface area contributed by atoms with E-state index in [-0.39, 0.29) is 11.3 Å². The van der Waals surface area contributed by atoms with Crippen molar-refractivity contribution in [3.05, 3.63) is 0 Å². The molecule has 0 heterocycles. The van der Waals surface area contributed by atoms with E-state index in [0.29, 0.717) is 25.8 Å². The number of nitrogens with two attached hydrogens (primary N) is 1. The summed E-state index contributed by atoms with van der Waals surface area (Å²) in [7, 11) is 0. The smallest absolute Gasteiger partial charge is 0.239 e. The molecule has 0 spiro atoms. The molecule has 0 aromatic heterocycles. The number of rotatable bonds is 8. The van der Waals surface area contributed by atoms with Crippen LogP contribution in [0.25, 0.3) is 0 Å². The van der Waals surface area contributed by atoms with Crippen LogP contribution in [0, 0.1) is 5.41 Å².